The third-order valence-corrected chi connectivity index (χ3v) is 2.20. The molecule has 2 heterocycles. The first-order valence-corrected chi connectivity index (χ1v) is 3.70. The van der Waals surface area contributed by atoms with E-state index in [2.05, 4.69) is 4.98 Å². The van der Waals surface area contributed by atoms with Gasteiger partial charge in [0.15, 0.2) is 5.06 Å². The molecule has 1 N–H and O–H groups in total. The molecule has 0 radical (unpaired) electrons. The van der Waals surface area contributed by atoms with Crippen LogP contribution in [0.3, 0.4) is 0 Å². The van der Waals surface area contributed by atoms with Gasteiger partial charge in [-0.1, -0.05) is 11.3 Å². The molecule has 0 atom stereocenters. The number of hydrogen-bond donors (Lipinski definition) is 1. The van der Waals surface area contributed by atoms with E-state index in [0.29, 0.717) is 5.06 Å². The predicted octanol–water partition coefficient (Wildman–Crippen LogP) is 2.00. The van der Waals surface area contributed by atoms with Crippen LogP contribution in [0.5, 0.6) is 5.06 Å². The van der Waals surface area contributed by atoms with Crippen LogP contribution in [0, 0.1) is 0 Å². The summed E-state index contributed by atoms with van der Waals surface area (Å²) in [5.41, 5.74) is 0. The van der Waals surface area contributed by atoms with Crippen molar-refractivity contribution in [2.45, 2.75) is 0 Å². The molecule has 0 fully saturated rings. The fourth-order valence-electron chi connectivity index (χ4n) is 0.870. The van der Waals surface area contributed by atoms with Gasteiger partial charge in [-0.15, -0.1) is 0 Å². The lowest BCUT2D eigenvalue weighted by molar-refractivity contribution is 0.491. The van der Waals surface area contributed by atoms with Gasteiger partial charge in [0.1, 0.15) is 0 Å². The zero-order valence-corrected chi connectivity index (χ0v) is 5.93. The Morgan fingerprint density at radius 1 is 1.50 bits per heavy atom. The number of thiophene rings is 1. The van der Waals surface area contributed by atoms with Crippen molar-refractivity contribution in [1.29, 1.82) is 0 Å². The number of hydrogen-bond acceptors (Lipinski definition) is 3. The van der Waals surface area contributed by atoms with Crippen LogP contribution in [0.4, 0.5) is 0 Å². The Bertz CT molecular complexity index is 322. The van der Waals surface area contributed by atoms with Crippen LogP contribution in [-0.2, 0) is 0 Å². The molecule has 2 rings (SSSR count). The van der Waals surface area contributed by atoms with E-state index in [1.54, 1.807) is 18.5 Å². The first-order chi connectivity index (χ1) is 4.86. The van der Waals surface area contributed by atoms with Crippen LogP contribution in [0.2, 0.25) is 0 Å². The van der Waals surface area contributed by atoms with Crippen molar-refractivity contribution in [1.82, 2.24) is 4.98 Å². The van der Waals surface area contributed by atoms with Gasteiger partial charge in [-0.25, -0.2) is 0 Å². The van der Waals surface area contributed by atoms with Crippen LogP contribution in [0.1, 0.15) is 0 Å². The van der Waals surface area contributed by atoms with E-state index in [0.717, 1.165) is 10.1 Å². The van der Waals surface area contributed by atoms with Crippen LogP contribution in [-0.4, -0.2) is 10.1 Å². The SMILES string of the molecule is Oc1cc2ccncc2s1. The zero-order chi connectivity index (χ0) is 6.97. The van der Waals surface area contributed by atoms with Gasteiger partial charge in [0.25, 0.3) is 0 Å². The molecule has 2 aromatic rings. The van der Waals surface area contributed by atoms with Gasteiger partial charge in [0.05, 0.1) is 4.70 Å². The normalized spacial score (nSPS) is 10.4. The quantitative estimate of drug-likeness (QED) is 0.624. The molecule has 0 aromatic carbocycles. The standard InChI is InChI=1S/C7H5NOS/c9-7-3-5-1-2-8-4-6(5)10-7/h1-4,9H. The van der Waals surface area contributed by atoms with Crippen LogP contribution >= 0.6 is 11.3 Å². The average molecular weight is 151 g/mol. The van der Waals surface area contributed by atoms with Gasteiger partial charge >= 0.3 is 0 Å². The van der Waals surface area contributed by atoms with E-state index < -0.39 is 0 Å². The maximum Gasteiger partial charge on any atom is 0.172 e. The Balaban J connectivity index is 2.88. The van der Waals surface area contributed by atoms with Gasteiger partial charge < -0.3 is 5.11 Å². The maximum atomic E-state index is 9.05. The summed E-state index contributed by atoms with van der Waals surface area (Å²) in [4.78, 5) is 3.93. The summed E-state index contributed by atoms with van der Waals surface area (Å²) in [6, 6.07) is 3.62. The highest BCUT2D eigenvalue weighted by molar-refractivity contribution is 7.20. The topological polar surface area (TPSA) is 33.1 Å². The molecule has 2 nitrogen and oxygen atoms in total. The van der Waals surface area contributed by atoms with Gasteiger partial charge in [-0.3, -0.25) is 4.98 Å². The Morgan fingerprint density at radius 2 is 2.40 bits per heavy atom. The molecule has 10 heavy (non-hydrogen) atoms. The van der Waals surface area contributed by atoms with Crippen molar-refractivity contribution in [2.24, 2.45) is 0 Å². The molecule has 0 aliphatic heterocycles. The molecule has 0 amide bonds. The van der Waals surface area contributed by atoms with E-state index in [1.165, 1.54) is 11.3 Å². The Kier molecular flexibility index (Phi) is 1.11. The highest BCUT2D eigenvalue weighted by atomic mass is 32.1. The molecule has 50 valence electrons. The molecular formula is C7H5NOS. The second-order valence-corrected chi connectivity index (χ2v) is 3.06. The number of aromatic hydroxyl groups is 1. The van der Waals surface area contributed by atoms with Crippen molar-refractivity contribution < 1.29 is 5.11 Å². The van der Waals surface area contributed by atoms with E-state index in [-0.39, 0.29) is 0 Å². The molecule has 3 heteroatoms. The fraction of sp³-hybridized carbons (Fsp3) is 0. The second-order valence-electron chi connectivity index (χ2n) is 2.00. The largest absolute Gasteiger partial charge is 0.499 e. The number of fused-ring (bicyclic) bond motifs is 1. The van der Waals surface area contributed by atoms with E-state index in [4.69, 9.17) is 5.11 Å². The summed E-state index contributed by atoms with van der Waals surface area (Å²) < 4.78 is 1.03. The van der Waals surface area contributed by atoms with Crippen molar-refractivity contribution in [3.05, 3.63) is 24.5 Å². The smallest absolute Gasteiger partial charge is 0.172 e. The third-order valence-electron chi connectivity index (χ3n) is 1.31. The van der Waals surface area contributed by atoms with Gasteiger partial charge in [0.2, 0.25) is 0 Å². The zero-order valence-electron chi connectivity index (χ0n) is 5.11. The van der Waals surface area contributed by atoms with Gasteiger partial charge in [-0.05, 0) is 17.5 Å². The number of rotatable bonds is 0. The summed E-state index contributed by atoms with van der Waals surface area (Å²) >= 11 is 1.35. The summed E-state index contributed by atoms with van der Waals surface area (Å²) in [5.74, 6) is 0. The van der Waals surface area contributed by atoms with E-state index >= 15 is 0 Å². The fourth-order valence-corrected chi connectivity index (χ4v) is 1.64. The maximum absolute atomic E-state index is 9.05. The third kappa shape index (κ3) is 0.752. The summed E-state index contributed by atoms with van der Waals surface area (Å²) in [7, 11) is 0. The second kappa shape index (κ2) is 1.95. The molecule has 0 bridgehead atoms. The van der Waals surface area contributed by atoms with Crippen molar-refractivity contribution in [2.75, 3.05) is 0 Å². The molecular weight excluding hydrogens is 146 g/mol. The molecule has 0 aliphatic rings. The first kappa shape index (κ1) is 5.68. The summed E-state index contributed by atoms with van der Waals surface area (Å²) in [6.07, 6.45) is 3.47. The lowest BCUT2D eigenvalue weighted by Crippen LogP contribution is -1.64. The lowest BCUT2D eigenvalue weighted by Gasteiger charge is -1.81. The minimum atomic E-state index is 0.350. The summed E-state index contributed by atoms with van der Waals surface area (Å²) in [6.45, 7) is 0. The molecule has 0 unspecified atom stereocenters. The molecule has 0 spiro atoms. The average Bonchev–Trinajstić information content (AvgIpc) is 2.27. The molecule has 2 aromatic heterocycles. The number of pyridine rings is 1. The summed E-state index contributed by atoms with van der Waals surface area (Å²) in [5, 5.41) is 10.5. The molecule has 0 saturated heterocycles. The highest BCUT2D eigenvalue weighted by Crippen LogP contribution is 2.28. The van der Waals surface area contributed by atoms with E-state index in [9.17, 15) is 0 Å². The minimum Gasteiger partial charge on any atom is -0.499 e. The van der Waals surface area contributed by atoms with Crippen LogP contribution in [0.15, 0.2) is 24.5 Å². The monoisotopic (exact) mass is 151 g/mol. The van der Waals surface area contributed by atoms with Crippen LogP contribution in [0.25, 0.3) is 10.1 Å². The first-order valence-electron chi connectivity index (χ1n) is 2.89. The van der Waals surface area contributed by atoms with E-state index in [1.807, 2.05) is 6.07 Å². The lowest BCUT2D eigenvalue weighted by atomic mass is 10.3. The van der Waals surface area contributed by atoms with Crippen molar-refractivity contribution in [3.8, 4) is 5.06 Å². The Labute approximate surface area is 61.8 Å². The number of aromatic nitrogens is 1. The minimum absolute atomic E-state index is 0.350. The van der Waals surface area contributed by atoms with Crippen molar-refractivity contribution >= 4 is 21.4 Å². The predicted molar refractivity (Wildman–Crippen MR) is 41.3 cm³/mol. The Hall–Kier alpha value is -1.09. The van der Waals surface area contributed by atoms with Gasteiger partial charge in [-0.2, -0.15) is 0 Å². The van der Waals surface area contributed by atoms with Crippen molar-refractivity contribution in [3.63, 3.8) is 0 Å². The number of nitrogens with zero attached hydrogens (tertiary/aromatic N) is 1. The molecule has 0 aliphatic carbocycles. The molecule has 0 saturated carbocycles. The highest BCUT2D eigenvalue weighted by Gasteiger charge is 1.96. The van der Waals surface area contributed by atoms with Crippen LogP contribution < -0.4 is 0 Å². The van der Waals surface area contributed by atoms with Gasteiger partial charge in [0, 0.05) is 12.4 Å². The Morgan fingerprint density at radius 3 is 3.20 bits per heavy atom.